The Morgan fingerprint density at radius 1 is 1.35 bits per heavy atom. The van der Waals surface area contributed by atoms with Crippen LogP contribution in [0, 0.1) is 0 Å². The number of nitrogens with two attached hydrogens (primary N) is 1. The number of hydrogen-bond acceptors (Lipinski definition) is 3. The molecule has 0 spiro atoms. The average Bonchev–Trinajstić information content (AvgIpc) is 2.39. The zero-order valence-corrected chi connectivity index (χ0v) is 13.6. The third-order valence-electron chi connectivity index (χ3n) is 3.45. The first-order valence-electron chi connectivity index (χ1n) is 6.79. The molecular formula is C14H19BrN2O2S. The Morgan fingerprint density at radius 2 is 2.05 bits per heavy atom. The van der Waals surface area contributed by atoms with E-state index in [4.69, 9.17) is 5.73 Å². The molecule has 1 aliphatic carbocycles. The lowest BCUT2D eigenvalue weighted by atomic mass is 9.95. The second-order valence-corrected chi connectivity index (χ2v) is 7.41. The van der Waals surface area contributed by atoms with Crippen LogP contribution < -0.4 is 11.1 Å². The number of carbonyl (C=O) groups is 1. The fourth-order valence-electron chi connectivity index (χ4n) is 2.44. The van der Waals surface area contributed by atoms with Gasteiger partial charge in [-0.2, -0.15) is 0 Å². The molecule has 0 heterocycles. The van der Waals surface area contributed by atoms with Gasteiger partial charge in [-0.25, -0.2) is 0 Å². The summed E-state index contributed by atoms with van der Waals surface area (Å²) in [4.78, 5) is 12.4. The van der Waals surface area contributed by atoms with E-state index in [1.807, 2.05) is 0 Å². The first-order valence-corrected chi connectivity index (χ1v) is 8.90. The summed E-state index contributed by atoms with van der Waals surface area (Å²) in [7, 11) is -1.40. The Kier molecular flexibility index (Phi) is 5.60. The second kappa shape index (κ2) is 7.22. The van der Waals surface area contributed by atoms with Crippen molar-refractivity contribution in [1.29, 1.82) is 0 Å². The van der Waals surface area contributed by atoms with Gasteiger partial charge in [-0.3, -0.25) is 9.00 Å². The van der Waals surface area contributed by atoms with Crippen molar-refractivity contribution >= 4 is 38.3 Å². The molecule has 2 rings (SSSR count). The lowest BCUT2D eigenvalue weighted by Gasteiger charge is -2.22. The molecule has 1 aromatic rings. The van der Waals surface area contributed by atoms with Crippen LogP contribution in [0.25, 0.3) is 0 Å². The molecule has 110 valence electrons. The number of hydrogen-bond donors (Lipinski definition) is 2. The minimum Gasteiger partial charge on any atom is -0.398 e. The fourth-order valence-corrected chi connectivity index (χ4v) is 3.84. The van der Waals surface area contributed by atoms with Crippen LogP contribution >= 0.6 is 15.9 Å². The molecular weight excluding hydrogens is 340 g/mol. The van der Waals surface area contributed by atoms with E-state index in [9.17, 15) is 9.00 Å². The van der Waals surface area contributed by atoms with Crippen molar-refractivity contribution in [1.82, 2.24) is 5.32 Å². The maximum absolute atomic E-state index is 12.2. The summed E-state index contributed by atoms with van der Waals surface area (Å²) in [5.74, 6) is -0.181. The third kappa shape index (κ3) is 4.31. The normalized spacial score (nSPS) is 17.6. The maximum atomic E-state index is 12.2. The van der Waals surface area contributed by atoms with Crippen molar-refractivity contribution in [3.8, 4) is 0 Å². The highest BCUT2D eigenvalue weighted by Crippen LogP contribution is 2.22. The zero-order valence-electron chi connectivity index (χ0n) is 11.2. The van der Waals surface area contributed by atoms with Gasteiger partial charge in [0.1, 0.15) is 5.75 Å². The summed E-state index contributed by atoms with van der Waals surface area (Å²) < 4.78 is 13.0. The molecule has 20 heavy (non-hydrogen) atoms. The van der Waals surface area contributed by atoms with Crippen LogP contribution in [0.2, 0.25) is 0 Å². The SMILES string of the molecule is Nc1cc(Br)ccc1S(=O)CC(=O)NC1CCCCC1. The molecule has 1 aromatic carbocycles. The van der Waals surface area contributed by atoms with Gasteiger partial charge in [-0.15, -0.1) is 0 Å². The number of rotatable bonds is 4. The average molecular weight is 359 g/mol. The van der Waals surface area contributed by atoms with Crippen LogP contribution in [0.15, 0.2) is 27.6 Å². The number of nitrogens with one attached hydrogen (secondary N) is 1. The van der Waals surface area contributed by atoms with E-state index < -0.39 is 10.8 Å². The monoisotopic (exact) mass is 358 g/mol. The van der Waals surface area contributed by atoms with Gasteiger partial charge in [-0.05, 0) is 31.0 Å². The van der Waals surface area contributed by atoms with Crippen molar-refractivity contribution in [2.45, 2.75) is 43.0 Å². The van der Waals surface area contributed by atoms with Gasteiger partial charge >= 0.3 is 0 Å². The molecule has 0 aliphatic heterocycles. The number of carbonyl (C=O) groups excluding carboxylic acids is 1. The van der Waals surface area contributed by atoms with E-state index in [2.05, 4.69) is 21.2 Å². The minimum absolute atomic E-state index is 0.0255. The Bertz CT molecular complexity index is 516. The summed E-state index contributed by atoms with van der Waals surface area (Å²) in [6.45, 7) is 0. The van der Waals surface area contributed by atoms with Crippen LogP contribution in [-0.2, 0) is 15.6 Å². The molecule has 0 radical (unpaired) electrons. The maximum Gasteiger partial charge on any atom is 0.233 e. The molecule has 1 aliphatic rings. The van der Waals surface area contributed by atoms with Crippen LogP contribution in [0.5, 0.6) is 0 Å². The molecule has 0 bridgehead atoms. The van der Waals surface area contributed by atoms with Crippen molar-refractivity contribution < 1.29 is 9.00 Å². The third-order valence-corrected chi connectivity index (χ3v) is 5.33. The molecule has 3 N–H and O–H groups in total. The van der Waals surface area contributed by atoms with Gasteiger partial charge in [0.25, 0.3) is 0 Å². The van der Waals surface area contributed by atoms with Crippen molar-refractivity contribution in [3.63, 3.8) is 0 Å². The van der Waals surface area contributed by atoms with Crippen molar-refractivity contribution in [2.24, 2.45) is 0 Å². The predicted octanol–water partition coefficient (Wildman–Crippen LogP) is 2.59. The van der Waals surface area contributed by atoms with Crippen LogP contribution in [0.3, 0.4) is 0 Å². The van der Waals surface area contributed by atoms with Gasteiger partial charge in [0, 0.05) is 16.2 Å². The summed E-state index contributed by atoms with van der Waals surface area (Å²) in [6.07, 6.45) is 5.62. The van der Waals surface area contributed by atoms with Crippen LogP contribution in [0.1, 0.15) is 32.1 Å². The molecule has 1 amide bonds. The Labute approximate surface area is 130 Å². The number of nitrogen functional groups attached to an aromatic ring is 1. The lowest BCUT2D eigenvalue weighted by molar-refractivity contribution is -0.119. The van der Waals surface area contributed by atoms with Gasteiger partial charge in [0.2, 0.25) is 5.91 Å². The lowest BCUT2D eigenvalue weighted by Crippen LogP contribution is -2.38. The van der Waals surface area contributed by atoms with Gasteiger partial charge in [0.15, 0.2) is 0 Å². The van der Waals surface area contributed by atoms with Gasteiger partial charge < -0.3 is 11.1 Å². The smallest absolute Gasteiger partial charge is 0.233 e. The van der Waals surface area contributed by atoms with E-state index in [0.717, 1.165) is 30.2 Å². The molecule has 0 saturated heterocycles. The highest BCUT2D eigenvalue weighted by Gasteiger charge is 2.18. The summed E-state index contributed by atoms with van der Waals surface area (Å²) in [6, 6.07) is 5.42. The topological polar surface area (TPSA) is 72.2 Å². The van der Waals surface area contributed by atoms with Crippen LogP contribution in [-0.4, -0.2) is 21.9 Å². The quantitative estimate of drug-likeness (QED) is 0.812. The highest BCUT2D eigenvalue weighted by atomic mass is 79.9. The van der Waals surface area contributed by atoms with Gasteiger partial charge in [-0.1, -0.05) is 35.2 Å². The molecule has 1 atom stereocenters. The van der Waals surface area contributed by atoms with Crippen LogP contribution in [0.4, 0.5) is 5.69 Å². The Hall–Kier alpha value is -0.880. The van der Waals surface area contributed by atoms with Gasteiger partial charge in [0.05, 0.1) is 15.7 Å². The van der Waals surface area contributed by atoms with Crippen molar-refractivity contribution in [2.75, 3.05) is 11.5 Å². The largest absolute Gasteiger partial charge is 0.398 e. The Morgan fingerprint density at radius 3 is 2.70 bits per heavy atom. The van der Waals surface area contributed by atoms with E-state index in [1.54, 1.807) is 18.2 Å². The second-order valence-electron chi connectivity index (χ2n) is 5.07. The van der Waals surface area contributed by atoms with E-state index in [1.165, 1.54) is 6.42 Å². The molecule has 1 fully saturated rings. The molecule has 6 heteroatoms. The molecule has 4 nitrogen and oxygen atoms in total. The molecule has 1 unspecified atom stereocenters. The minimum atomic E-state index is -1.40. The number of amides is 1. The number of halogens is 1. The van der Waals surface area contributed by atoms with E-state index >= 15 is 0 Å². The standard InChI is InChI=1S/C14H19BrN2O2S/c15-10-6-7-13(12(16)8-10)20(19)9-14(18)17-11-4-2-1-3-5-11/h6-8,11H,1-5,9,16H2,(H,17,18). The summed E-state index contributed by atoms with van der Waals surface area (Å²) in [5, 5.41) is 2.97. The summed E-state index contributed by atoms with van der Waals surface area (Å²) in [5.41, 5.74) is 6.27. The fraction of sp³-hybridized carbons (Fsp3) is 0.500. The van der Waals surface area contributed by atoms with E-state index in [-0.39, 0.29) is 17.7 Å². The Balaban J connectivity index is 1.91. The molecule has 1 saturated carbocycles. The number of anilines is 1. The molecule has 0 aromatic heterocycles. The van der Waals surface area contributed by atoms with Crippen molar-refractivity contribution in [3.05, 3.63) is 22.7 Å². The highest BCUT2D eigenvalue weighted by molar-refractivity contribution is 9.10. The van der Waals surface area contributed by atoms with E-state index in [0.29, 0.717) is 10.6 Å². The summed E-state index contributed by atoms with van der Waals surface area (Å²) >= 11 is 3.30. The predicted molar refractivity (Wildman–Crippen MR) is 84.8 cm³/mol. The zero-order chi connectivity index (χ0) is 14.5. The first kappa shape index (κ1) is 15.5. The number of benzene rings is 1. The first-order chi connectivity index (χ1) is 9.56.